The molecule has 0 aliphatic heterocycles. The highest BCUT2D eigenvalue weighted by Crippen LogP contribution is 2.08. The fourth-order valence-electron chi connectivity index (χ4n) is 1.29. The molecule has 0 bridgehead atoms. The van der Waals surface area contributed by atoms with Crippen molar-refractivity contribution < 1.29 is 23.9 Å². The molecule has 1 N–H and O–H groups in total. The average Bonchev–Trinajstić information content (AvgIpc) is 2.36. The van der Waals surface area contributed by atoms with Gasteiger partial charge in [-0.25, -0.2) is 9.59 Å². The Morgan fingerprint density at radius 1 is 1.15 bits per heavy atom. The van der Waals surface area contributed by atoms with Crippen LogP contribution in [0.5, 0.6) is 0 Å². The van der Waals surface area contributed by atoms with Crippen LogP contribution >= 0.6 is 0 Å². The Hall–Kier alpha value is -2.46. The number of ether oxygens (including phenoxy) is 2. The molecule has 0 aliphatic carbocycles. The highest BCUT2D eigenvalue weighted by molar-refractivity contribution is 6.60. The maximum absolute atomic E-state index is 11.7. The lowest BCUT2D eigenvalue weighted by Gasteiger charge is -2.16. The summed E-state index contributed by atoms with van der Waals surface area (Å²) < 4.78 is 9.90. The molecule has 20 heavy (non-hydrogen) atoms. The zero-order valence-electron chi connectivity index (χ0n) is 11.7. The van der Waals surface area contributed by atoms with E-state index in [-0.39, 0.29) is 6.61 Å². The molecule has 0 atom stereocenters. The third kappa shape index (κ3) is 5.04. The Labute approximate surface area is 116 Å². The third-order valence-electron chi connectivity index (χ3n) is 2.11. The Morgan fingerprint density at radius 2 is 1.75 bits per heavy atom. The first-order valence-electron chi connectivity index (χ1n) is 6.02. The van der Waals surface area contributed by atoms with Gasteiger partial charge in [0.1, 0.15) is 12.2 Å². The van der Waals surface area contributed by atoms with Gasteiger partial charge in [0, 0.05) is 0 Å². The minimum atomic E-state index is -0.974. The summed E-state index contributed by atoms with van der Waals surface area (Å²) in [6, 6.07) is 8.99. The van der Waals surface area contributed by atoms with Crippen molar-refractivity contribution in [3.05, 3.63) is 35.9 Å². The molecule has 0 amide bonds. The number of hydrogen-bond donors (Lipinski definition) is 1. The normalized spacial score (nSPS) is 10.3. The van der Waals surface area contributed by atoms with Crippen molar-refractivity contribution in [2.75, 3.05) is 0 Å². The van der Waals surface area contributed by atoms with Crippen LogP contribution in [0.15, 0.2) is 30.3 Å². The molecule has 6 heteroatoms. The number of benzene rings is 1. The quantitative estimate of drug-likeness (QED) is 0.298. The van der Waals surface area contributed by atoms with Crippen molar-refractivity contribution >= 4 is 17.7 Å². The predicted molar refractivity (Wildman–Crippen MR) is 70.1 cm³/mol. The minimum absolute atomic E-state index is 0.00148. The molecule has 0 spiro atoms. The molecule has 6 nitrogen and oxygen atoms in total. The first kappa shape index (κ1) is 15.6. The first-order valence-corrected chi connectivity index (χ1v) is 6.02. The van der Waals surface area contributed by atoms with Crippen LogP contribution in [-0.4, -0.2) is 28.0 Å². The van der Waals surface area contributed by atoms with E-state index >= 15 is 0 Å². The van der Waals surface area contributed by atoms with E-state index in [1.165, 1.54) is 0 Å². The molecule has 0 radical (unpaired) electrons. The van der Waals surface area contributed by atoms with E-state index in [4.69, 9.17) is 15.0 Å². The standard InChI is InChI=1S/C14H17N2O4/c1-14(2,3)20-13(18)11(16-15)12(17)19-9-10-7-5-4-6-8-10/h4-8,15H,9H2,1-3H3/q+1. The maximum Gasteiger partial charge on any atom is 0.531 e. The monoisotopic (exact) mass is 277 g/mol. The number of hydrogen-bond acceptors (Lipinski definition) is 5. The lowest BCUT2D eigenvalue weighted by molar-refractivity contribution is -0.169. The predicted octanol–water partition coefficient (Wildman–Crippen LogP) is 1.75. The lowest BCUT2D eigenvalue weighted by Crippen LogP contribution is -2.34. The van der Waals surface area contributed by atoms with Crippen LogP contribution in [0.3, 0.4) is 0 Å². The van der Waals surface area contributed by atoms with Crippen molar-refractivity contribution in [1.29, 1.82) is 5.53 Å². The molecule has 0 saturated carbocycles. The summed E-state index contributed by atoms with van der Waals surface area (Å²) >= 11 is 0. The van der Waals surface area contributed by atoms with Crippen LogP contribution < -0.4 is 0 Å². The molecule has 0 heterocycles. The third-order valence-corrected chi connectivity index (χ3v) is 2.11. The van der Waals surface area contributed by atoms with Gasteiger partial charge in [0.05, 0.1) is 10.3 Å². The smallest absolute Gasteiger partial charge is 0.452 e. The molecular weight excluding hydrogens is 260 g/mol. The van der Waals surface area contributed by atoms with Gasteiger partial charge in [-0.1, -0.05) is 30.3 Å². The Balaban J connectivity index is 2.65. The van der Waals surface area contributed by atoms with Crippen molar-refractivity contribution in [3.63, 3.8) is 0 Å². The number of nitrogens with one attached hydrogen (secondary N) is 1. The Bertz CT molecular complexity index is 540. The van der Waals surface area contributed by atoms with Crippen LogP contribution in [0.2, 0.25) is 0 Å². The summed E-state index contributed by atoms with van der Waals surface area (Å²) in [4.78, 5) is 26.3. The van der Waals surface area contributed by atoms with E-state index in [9.17, 15) is 9.59 Å². The van der Waals surface area contributed by atoms with Crippen LogP contribution in [0.4, 0.5) is 0 Å². The second kappa shape index (κ2) is 6.63. The SMILES string of the molecule is CC(C)(C)OC(=O)C(=[N+]=N)C(=O)OCc1ccccc1. The van der Waals surface area contributed by atoms with E-state index in [1.54, 1.807) is 45.0 Å². The Kier molecular flexibility index (Phi) is 5.17. The van der Waals surface area contributed by atoms with Crippen molar-refractivity contribution in [3.8, 4) is 0 Å². The van der Waals surface area contributed by atoms with E-state index < -0.39 is 23.3 Å². The molecule has 106 valence electrons. The summed E-state index contributed by atoms with van der Waals surface area (Å²) in [6.45, 7) is 4.97. The van der Waals surface area contributed by atoms with Crippen LogP contribution in [-0.2, 0) is 25.7 Å². The van der Waals surface area contributed by atoms with E-state index in [0.717, 1.165) is 5.56 Å². The van der Waals surface area contributed by atoms with Crippen LogP contribution in [0, 0.1) is 5.53 Å². The van der Waals surface area contributed by atoms with Gasteiger partial charge in [-0.15, -0.1) is 0 Å². The van der Waals surface area contributed by atoms with Gasteiger partial charge in [0.15, 0.2) is 0 Å². The molecular formula is C14H17N2O4+. The van der Waals surface area contributed by atoms with E-state index in [1.807, 2.05) is 6.07 Å². The molecule has 1 aromatic rings. The number of carbonyl (C=O) groups excluding carboxylic acids is 2. The largest absolute Gasteiger partial charge is 0.531 e. The van der Waals surface area contributed by atoms with Gasteiger partial charge in [0.2, 0.25) is 0 Å². The van der Waals surface area contributed by atoms with Crippen LogP contribution in [0.1, 0.15) is 26.3 Å². The maximum atomic E-state index is 11.7. The van der Waals surface area contributed by atoms with Gasteiger partial charge in [-0.2, -0.15) is 0 Å². The first-order chi connectivity index (χ1) is 9.33. The summed E-state index contributed by atoms with van der Waals surface area (Å²) in [5.74, 6) is -1.94. The van der Waals surface area contributed by atoms with Gasteiger partial charge < -0.3 is 9.47 Å². The topological polar surface area (TPSA) is 90.5 Å². The van der Waals surface area contributed by atoms with Crippen LogP contribution in [0.25, 0.3) is 0 Å². The Morgan fingerprint density at radius 3 is 2.25 bits per heavy atom. The second-order valence-corrected chi connectivity index (χ2v) is 5.02. The van der Waals surface area contributed by atoms with E-state index in [0.29, 0.717) is 0 Å². The fraction of sp³-hybridized carbons (Fsp3) is 0.357. The van der Waals surface area contributed by atoms with Gasteiger partial charge in [0.25, 0.3) is 0 Å². The number of rotatable bonds is 4. The van der Waals surface area contributed by atoms with Gasteiger partial charge in [-0.3, -0.25) is 0 Å². The molecule has 1 rings (SSSR count). The summed E-state index contributed by atoms with van der Waals surface area (Å²) in [5, 5.41) is 0. The van der Waals surface area contributed by atoms with Crippen molar-refractivity contribution in [2.24, 2.45) is 0 Å². The molecule has 0 aromatic heterocycles. The number of carbonyl (C=O) groups is 2. The van der Waals surface area contributed by atoms with Gasteiger partial charge >= 0.3 is 17.7 Å². The summed E-state index contributed by atoms with van der Waals surface area (Å²) in [7, 11) is 0. The molecule has 0 aliphatic rings. The molecule has 0 saturated heterocycles. The zero-order chi connectivity index (χ0) is 15.2. The molecule has 0 unspecified atom stereocenters. The van der Waals surface area contributed by atoms with E-state index in [2.05, 4.69) is 4.79 Å². The zero-order valence-corrected chi connectivity index (χ0v) is 11.7. The number of esters is 2. The highest BCUT2D eigenvalue weighted by Gasteiger charge is 2.38. The number of nitrogens with zero attached hydrogens (tertiary/aromatic N) is 1. The highest BCUT2D eigenvalue weighted by atomic mass is 16.6. The average molecular weight is 277 g/mol. The van der Waals surface area contributed by atoms with Crippen molar-refractivity contribution in [2.45, 2.75) is 33.0 Å². The second-order valence-electron chi connectivity index (χ2n) is 5.02. The summed E-state index contributed by atoms with van der Waals surface area (Å²) in [6.07, 6.45) is 0. The molecule has 1 aromatic carbocycles. The minimum Gasteiger partial charge on any atom is -0.452 e. The summed E-state index contributed by atoms with van der Waals surface area (Å²) in [5.41, 5.74) is 6.23. The van der Waals surface area contributed by atoms with Crippen molar-refractivity contribution in [1.82, 2.24) is 0 Å². The van der Waals surface area contributed by atoms with Gasteiger partial charge in [-0.05, 0) is 26.3 Å². The fourth-order valence-corrected chi connectivity index (χ4v) is 1.29. The molecule has 0 fully saturated rings. The lowest BCUT2D eigenvalue weighted by atomic mass is 10.2.